The van der Waals surface area contributed by atoms with Crippen LogP contribution in [0.5, 0.6) is 0 Å². The van der Waals surface area contributed by atoms with Gasteiger partial charge in [-0.3, -0.25) is 18.7 Å². The van der Waals surface area contributed by atoms with Crippen molar-refractivity contribution in [2.75, 3.05) is 0 Å². The Hall–Kier alpha value is -3.60. The number of rotatable bonds is 5. The molecule has 4 aromatic rings. The lowest BCUT2D eigenvalue weighted by Gasteiger charge is -2.05. The molecule has 4 rings (SSSR count). The van der Waals surface area contributed by atoms with Gasteiger partial charge in [0.05, 0.1) is 12.9 Å². The minimum atomic E-state index is -0.443. The zero-order valence-electron chi connectivity index (χ0n) is 16.6. The molecule has 0 aliphatic heterocycles. The molecule has 0 saturated carbocycles. The number of imidazole rings is 1. The van der Waals surface area contributed by atoms with Crippen molar-refractivity contribution in [2.24, 2.45) is 14.1 Å². The van der Waals surface area contributed by atoms with Gasteiger partial charge in [-0.25, -0.2) is 9.78 Å². The number of hydrogen-bond donors (Lipinski definition) is 1. The van der Waals surface area contributed by atoms with E-state index in [0.717, 1.165) is 27.0 Å². The van der Waals surface area contributed by atoms with Gasteiger partial charge in [0.1, 0.15) is 5.01 Å². The molecule has 1 N–H and O–H groups in total. The minimum absolute atomic E-state index is 0.215. The van der Waals surface area contributed by atoms with Crippen molar-refractivity contribution in [1.82, 2.24) is 34.2 Å². The second-order valence-electron chi connectivity index (χ2n) is 6.92. The Morgan fingerprint density at radius 3 is 2.57 bits per heavy atom. The van der Waals surface area contributed by atoms with E-state index in [0.29, 0.717) is 22.7 Å². The van der Waals surface area contributed by atoms with Crippen LogP contribution in [0.4, 0.5) is 0 Å². The first-order chi connectivity index (χ1) is 14.3. The number of fused-ring (bicyclic) bond motifs is 1. The Labute approximate surface area is 174 Å². The molecule has 0 bridgehead atoms. The van der Waals surface area contributed by atoms with Gasteiger partial charge in [0.15, 0.2) is 11.2 Å². The first-order valence-corrected chi connectivity index (χ1v) is 9.94. The zero-order chi connectivity index (χ0) is 21.4. The van der Waals surface area contributed by atoms with Crippen molar-refractivity contribution in [1.29, 1.82) is 0 Å². The van der Waals surface area contributed by atoms with Gasteiger partial charge in [-0.15, -0.1) is 10.2 Å². The SMILES string of the molecule is Cc1ccc(CNC(=O)c2nnc(Cn3cnc4c3c(=O)n(C)c(=O)n4C)s2)cc1. The van der Waals surface area contributed by atoms with Crippen molar-refractivity contribution in [3.05, 3.63) is 72.6 Å². The average molecular weight is 425 g/mol. The van der Waals surface area contributed by atoms with Crippen LogP contribution in [-0.2, 0) is 27.2 Å². The molecular weight excluding hydrogens is 406 g/mol. The highest BCUT2D eigenvalue weighted by Gasteiger charge is 2.17. The first kappa shape index (κ1) is 19.7. The number of amides is 1. The third-order valence-electron chi connectivity index (χ3n) is 4.76. The Morgan fingerprint density at radius 1 is 1.10 bits per heavy atom. The largest absolute Gasteiger partial charge is 0.346 e. The van der Waals surface area contributed by atoms with Crippen LogP contribution in [0.1, 0.15) is 25.9 Å². The maximum atomic E-state index is 12.5. The number of aromatic nitrogens is 6. The van der Waals surface area contributed by atoms with E-state index in [1.807, 2.05) is 31.2 Å². The normalized spacial score (nSPS) is 11.2. The molecule has 0 spiro atoms. The summed E-state index contributed by atoms with van der Waals surface area (Å²) in [4.78, 5) is 41.1. The molecule has 0 atom stereocenters. The lowest BCUT2D eigenvalue weighted by molar-refractivity contribution is 0.0950. The van der Waals surface area contributed by atoms with Crippen molar-refractivity contribution in [3.63, 3.8) is 0 Å². The predicted octanol–water partition coefficient (Wildman–Crippen LogP) is 0.572. The van der Waals surface area contributed by atoms with Gasteiger partial charge in [0, 0.05) is 20.6 Å². The summed E-state index contributed by atoms with van der Waals surface area (Å²) < 4.78 is 3.95. The molecule has 0 radical (unpaired) electrons. The fourth-order valence-electron chi connectivity index (χ4n) is 3.04. The number of benzene rings is 1. The molecule has 0 unspecified atom stereocenters. The number of carbonyl (C=O) groups is 1. The summed E-state index contributed by atoms with van der Waals surface area (Å²) in [5.41, 5.74) is 1.85. The Kier molecular flexibility index (Phi) is 5.04. The maximum absolute atomic E-state index is 12.5. The van der Waals surface area contributed by atoms with Gasteiger partial charge in [-0.05, 0) is 12.5 Å². The number of aryl methyl sites for hydroxylation is 2. The third kappa shape index (κ3) is 3.54. The Balaban J connectivity index is 1.52. The predicted molar refractivity (Wildman–Crippen MR) is 112 cm³/mol. The molecule has 3 heterocycles. The molecule has 10 nitrogen and oxygen atoms in total. The molecule has 154 valence electrons. The van der Waals surface area contributed by atoms with Crippen LogP contribution < -0.4 is 16.6 Å². The van der Waals surface area contributed by atoms with E-state index in [1.165, 1.54) is 17.9 Å². The highest BCUT2D eigenvalue weighted by molar-refractivity contribution is 7.13. The van der Waals surface area contributed by atoms with Crippen LogP contribution in [0.25, 0.3) is 11.2 Å². The van der Waals surface area contributed by atoms with Crippen molar-refractivity contribution in [3.8, 4) is 0 Å². The summed E-state index contributed by atoms with van der Waals surface area (Å²) in [6.07, 6.45) is 1.48. The smallest absolute Gasteiger partial charge is 0.332 e. The Morgan fingerprint density at radius 2 is 1.83 bits per heavy atom. The van der Waals surface area contributed by atoms with E-state index in [4.69, 9.17) is 0 Å². The van der Waals surface area contributed by atoms with E-state index in [1.54, 1.807) is 11.6 Å². The van der Waals surface area contributed by atoms with Crippen molar-refractivity contribution >= 4 is 28.4 Å². The van der Waals surface area contributed by atoms with Crippen LogP contribution >= 0.6 is 11.3 Å². The molecular formula is C19H19N7O3S. The quantitative estimate of drug-likeness (QED) is 0.500. The molecule has 1 aromatic carbocycles. The second-order valence-corrected chi connectivity index (χ2v) is 7.98. The van der Waals surface area contributed by atoms with Gasteiger partial charge in [0.2, 0.25) is 5.01 Å². The summed E-state index contributed by atoms with van der Waals surface area (Å²) in [6.45, 7) is 2.61. The lowest BCUT2D eigenvalue weighted by Crippen LogP contribution is -2.37. The summed E-state index contributed by atoms with van der Waals surface area (Å²) in [7, 11) is 2.98. The molecule has 1 amide bonds. The van der Waals surface area contributed by atoms with Gasteiger partial charge in [-0.1, -0.05) is 41.2 Å². The van der Waals surface area contributed by atoms with Crippen LogP contribution in [0.2, 0.25) is 0 Å². The van der Waals surface area contributed by atoms with Gasteiger partial charge < -0.3 is 9.88 Å². The van der Waals surface area contributed by atoms with Crippen LogP contribution in [0.3, 0.4) is 0 Å². The van der Waals surface area contributed by atoms with Crippen molar-refractivity contribution < 1.29 is 4.79 Å². The fraction of sp³-hybridized carbons (Fsp3) is 0.263. The monoisotopic (exact) mass is 425 g/mol. The minimum Gasteiger partial charge on any atom is -0.346 e. The van der Waals surface area contributed by atoms with Crippen molar-refractivity contribution in [2.45, 2.75) is 20.0 Å². The third-order valence-corrected chi connectivity index (χ3v) is 5.66. The standard InChI is InChI=1S/C19H19N7O3S/c1-11-4-6-12(7-5-11)8-20-16(27)17-23-22-13(30-17)9-26-10-21-15-14(26)18(28)25(3)19(29)24(15)2/h4-7,10H,8-9H2,1-3H3,(H,20,27). The van der Waals surface area contributed by atoms with Gasteiger partial charge >= 0.3 is 5.69 Å². The highest BCUT2D eigenvalue weighted by atomic mass is 32.1. The van der Waals surface area contributed by atoms with Crippen LogP contribution in [0, 0.1) is 6.92 Å². The van der Waals surface area contributed by atoms with E-state index in [9.17, 15) is 14.4 Å². The van der Waals surface area contributed by atoms with E-state index in [2.05, 4.69) is 20.5 Å². The molecule has 0 fully saturated rings. The lowest BCUT2D eigenvalue weighted by atomic mass is 10.1. The van der Waals surface area contributed by atoms with Gasteiger partial charge in [0.25, 0.3) is 11.5 Å². The Bertz CT molecular complexity index is 1360. The van der Waals surface area contributed by atoms with Crippen LogP contribution in [-0.4, -0.2) is 34.8 Å². The maximum Gasteiger partial charge on any atom is 0.332 e. The second kappa shape index (κ2) is 7.67. The van der Waals surface area contributed by atoms with Gasteiger partial charge in [-0.2, -0.15) is 0 Å². The molecule has 11 heteroatoms. The topological polar surface area (TPSA) is 117 Å². The summed E-state index contributed by atoms with van der Waals surface area (Å²) in [5.74, 6) is -0.312. The molecule has 0 aliphatic carbocycles. The number of nitrogens with zero attached hydrogens (tertiary/aromatic N) is 6. The van der Waals surface area contributed by atoms with E-state index < -0.39 is 11.2 Å². The molecule has 3 aromatic heterocycles. The highest BCUT2D eigenvalue weighted by Crippen LogP contribution is 2.14. The van der Waals surface area contributed by atoms with E-state index >= 15 is 0 Å². The summed E-state index contributed by atoms with van der Waals surface area (Å²) in [6, 6.07) is 7.89. The fourth-order valence-corrected chi connectivity index (χ4v) is 3.79. The number of nitrogens with one attached hydrogen (secondary N) is 1. The van der Waals surface area contributed by atoms with E-state index in [-0.39, 0.29) is 17.5 Å². The number of hydrogen-bond acceptors (Lipinski definition) is 7. The average Bonchev–Trinajstić information content (AvgIpc) is 3.38. The zero-order valence-corrected chi connectivity index (χ0v) is 17.4. The van der Waals surface area contributed by atoms with Crippen LogP contribution in [0.15, 0.2) is 40.2 Å². The molecule has 0 saturated heterocycles. The summed E-state index contributed by atoms with van der Waals surface area (Å²) >= 11 is 1.14. The first-order valence-electron chi connectivity index (χ1n) is 9.12. The molecule has 30 heavy (non-hydrogen) atoms. The number of carbonyl (C=O) groups excluding carboxylic acids is 1. The molecule has 0 aliphatic rings. The summed E-state index contributed by atoms with van der Waals surface area (Å²) in [5, 5.41) is 11.6.